The van der Waals surface area contributed by atoms with E-state index in [0.717, 1.165) is 31.2 Å². The van der Waals surface area contributed by atoms with Gasteiger partial charge in [-0.1, -0.05) is 12.8 Å². The maximum atomic E-state index is 14.5. The molecular weight excluding hydrogens is 257 g/mol. The molecule has 0 bridgehead atoms. The summed E-state index contributed by atoms with van der Waals surface area (Å²) in [5, 5.41) is 0. The normalized spacial score (nSPS) is 18.1. The largest absolute Gasteiger partial charge is 0.493 e. The second-order valence-corrected chi connectivity index (χ2v) is 6.10. The van der Waals surface area contributed by atoms with E-state index < -0.39 is 5.67 Å². The third-order valence-corrected chi connectivity index (χ3v) is 4.19. The molecule has 1 fully saturated rings. The van der Waals surface area contributed by atoms with Crippen LogP contribution in [-0.4, -0.2) is 14.2 Å². The minimum atomic E-state index is -1.51. The summed E-state index contributed by atoms with van der Waals surface area (Å²) < 4.78 is 25.2. The van der Waals surface area contributed by atoms with Gasteiger partial charge in [0.2, 0.25) is 0 Å². The van der Waals surface area contributed by atoms with Crippen LogP contribution in [0.4, 0.5) is 4.39 Å². The van der Waals surface area contributed by atoms with Crippen LogP contribution < -0.4 is 15.2 Å². The third-order valence-electron chi connectivity index (χ3n) is 4.19. The highest BCUT2D eigenvalue weighted by Crippen LogP contribution is 2.45. The van der Waals surface area contributed by atoms with Crippen LogP contribution in [0.25, 0.3) is 0 Å². The number of hydrogen-bond donors (Lipinski definition) is 1. The number of alkyl halides is 1. The molecule has 2 N–H and O–H groups in total. The van der Waals surface area contributed by atoms with Gasteiger partial charge in [0.05, 0.1) is 14.2 Å². The van der Waals surface area contributed by atoms with E-state index in [4.69, 9.17) is 15.2 Å². The zero-order valence-electron chi connectivity index (χ0n) is 12.8. The standard InChI is InChI=1S/C16H24FNO2/c1-15(2,17)12-9-11(16(18)7-5-6-8-16)10-13(19-3)14(12)20-4/h9-10H,5-8,18H2,1-4H3. The molecule has 0 radical (unpaired) electrons. The Morgan fingerprint density at radius 3 is 2.20 bits per heavy atom. The Balaban J connectivity index is 2.61. The van der Waals surface area contributed by atoms with Crippen LogP contribution in [0.3, 0.4) is 0 Å². The number of ether oxygens (including phenoxy) is 2. The van der Waals surface area contributed by atoms with E-state index in [2.05, 4.69) is 0 Å². The summed E-state index contributed by atoms with van der Waals surface area (Å²) in [7, 11) is 3.09. The molecule has 20 heavy (non-hydrogen) atoms. The number of halogens is 1. The van der Waals surface area contributed by atoms with Crippen LogP contribution in [0, 0.1) is 0 Å². The predicted octanol–water partition coefficient (Wildman–Crippen LogP) is 3.64. The van der Waals surface area contributed by atoms with E-state index in [1.54, 1.807) is 7.11 Å². The van der Waals surface area contributed by atoms with Crippen LogP contribution in [-0.2, 0) is 11.2 Å². The van der Waals surface area contributed by atoms with Gasteiger partial charge in [-0.3, -0.25) is 0 Å². The summed E-state index contributed by atoms with van der Waals surface area (Å²) in [5.74, 6) is 0.993. The Bertz CT molecular complexity index is 488. The first-order valence-electron chi connectivity index (χ1n) is 7.06. The molecule has 0 aliphatic heterocycles. The van der Waals surface area contributed by atoms with Gasteiger partial charge in [-0.2, -0.15) is 0 Å². The van der Waals surface area contributed by atoms with E-state index in [1.807, 2.05) is 12.1 Å². The smallest absolute Gasteiger partial charge is 0.167 e. The fourth-order valence-electron chi connectivity index (χ4n) is 2.99. The highest BCUT2D eigenvalue weighted by molar-refractivity contribution is 5.53. The summed E-state index contributed by atoms with van der Waals surface area (Å²) >= 11 is 0. The first-order chi connectivity index (χ1) is 9.31. The maximum absolute atomic E-state index is 14.5. The lowest BCUT2D eigenvalue weighted by Gasteiger charge is -2.28. The Hall–Kier alpha value is -1.29. The van der Waals surface area contributed by atoms with Crippen molar-refractivity contribution in [1.29, 1.82) is 0 Å². The number of nitrogens with two attached hydrogens (primary N) is 1. The van der Waals surface area contributed by atoms with Crippen molar-refractivity contribution >= 4 is 0 Å². The number of methoxy groups -OCH3 is 2. The predicted molar refractivity (Wildman–Crippen MR) is 78.0 cm³/mol. The zero-order chi connectivity index (χ0) is 15.0. The molecule has 0 saturated heterocycles. The van der Waals surface area contributed by atoms with Crippen LogP contribution in [0.2, 0.25) is 0 Å². The van der Waals surface area contributed by atoms with Gasteiger partial charge in [-0.05, 0) is 44.4 Å². The second-order valence-electron chi connectivity index (χ2n) is 6.10. The van der Waals surface area contributed by atoms with Crippen LogP contribution in [0.15, 0.2) is 12.1 Å². The molecule has 0 atom stereocenters. The Morgan fingerprint density at radius 2 is 1.75 bits per heavy atom. The lowest BCUT2D eigenvalue weighted by molar-refractivity contribution is 0.210. The highest BCUT2D eigenvalue weighted by Gasteiger charge is 2.35. The van der Waals surface area contributed by atoms with Crippen molar-refractivity contribution in [3.63, 3.8) is 0 Å². The van der Waals surface area contributed by atoms with Crippen LogP contribution >= 0.6 is 0 Å². The number of benzene rings is 1. The topological polar surface area (TPSA) is 44.5 Å². The van der Waals surface area contributed by atoms with Crippen molar-refractivity contribution in [1.82, 2.24) is 0 Å². The average molecular weight is 281 g/mol. The molecule has 1 aliphatic carbocycles. The highest BCUT2D eigenvalue weighted by atomic mass is 19.1. The molecule has 0 unspecified atom stereocenters. The summed E-state index contributed by atoms with van der Waals surface area (Å²) in [6, 6.07) is 3.73. The fraction of sp³-hybridized carbons (Fsp3) is 0.625. The quantitative estimate of drug-likeness (QED) is 0.916. The molecular formula is C16H24FNO2. The number of hydrogen-bond acceptors (Lipinski definition) is 3. The van der Waals surface area contributed by atoms with E-state index in [1.165, 1.54) is 21.0 Å². The lowest BCUT2D eigenvalue weighted by Crippen LogP contribution is -2.33. The minimum Gasteiger partial charge on any atom is -0.493 e. The molecule has 112 valence electrons. The summed E-state index contributed by atoms with van der Waals surface area (Å²) in [6.45, 7) is 3.04. The maximum Gasteiger partial charge on any atom is 0.167 e. The van der Waals surface area contributed by atoms with E-state index >= 15 is 0 Å². The fourth-order valence-corrected chi connectivity index (χ4v) is 2.99. The van der Waals surface area contributed by atoms with Gasteiger partial charge in [0.1, 0.15) is 5.67 Å². The van der Waals surface area contributed by atoms with Gasteiger partial charge in [0, 0.05) is 11.1 Å². The minimum absolute atomic E-state index is 0.375. The van der Waals surface area contributed by atoms with Gasteiger partial charge < -0.3 is 15.2 Å². The van der Waals surface area contributed by atoms with Crippen LogP contribution in [0.5, 0.6) is 11.5 Å². The summed E-state index contributed by atoms with van der Waals surface area (Å²) in [6.07, 6.45) is 4.07. The molecule has 1 aromatic carbocycles. The van der Waals surface area contributed by atoms with Gasteiger partial charge in [0.25, 0.3) is 0 Å². The molecule has 1 aliphatic rings. The van der Waals surface area contributed by atoms with Gasteiger partial charge in [-0.15, -0.1) is 0 Å². The average Bonchev–Trinajstić information content (AvgIpc) is 2.84. The first kappa shape index (κ1) is 15.1. The zero-order valence-corrected chi connectivity index (χ0v) is 12.8. The molecule has 0 heterocycles. The number of rotatable bonds is 4. The van der Waals surface area contributed by atoms with Gasteiger partial charge in [-0.25, -0.2) is 4.39 Å². The monoisotopic (exact) mass is 281 g/mol. The first-order valence-corrected chi connectivity index (χ1v) is 7.06. The molecule has 1 aromatic rings. The Kier molecular flexibility index (Phi) is 3.96. The summed E-state index contributed by atoms with van der Waals surface area (Å²) in [4.78, 5) is 0. The molecule has 3 nitrogen and oxygen atoms in total. The van der Waals surface area contributed by atoms with Gasteiger partial charge in [0.15, 0.2) is 11.5 Å². The van der Waals surface area contributed by atoms with Crippen molar-refractivity contribution < 1.29 is 13.9 Å². The Labute approximate surface area is 120 Å². The van der Waals surface area contributed by atoms with Crippen LogP contribution in [0.1, 0.15) is 50.7 Å². The van der Waals surface area contributed by atoms with Crippen molar-refractivity contribution in [3.05, 3.63) is 23.3 Å². The summed E-state index contributed by atoms with van der Waals surface area (Å²) in [5.41, 5.74) is 6.03. The molecule has 0 aromatic heterocycles. The second kappa shape index (κ2) is 5.24. The molecule has 0 amide bonds. The van der Waals surface area contributed by atoms with Crippen molar-refractivity contribution in [2.24, 2.45) is 5.73 Å². The molecule has 4 heteroatoms. The van der Waals surface area contributed by atoms with Crippen molar-refractivity contribution in [3.8, 4) is 11.5 Å². The van der Waals surface area contributed by atoms with E-state index in [-0.39, 0.29) is 5.54 Å². The van der Waals surface area contributed by atoms with E-state index in [0.29, 0.717) is 17.1 Å². The third kappa shape index (κ3) is 2.62. The van der Waals surface area contributed by atoms with Crippen molar-refractivity contribution in [2.45, 2.75) is 50.7 Å². The van der Waals surface area contributed by atoms with E-state index in [9.17, 15) is 4.39 Å². The SMILES string of the molecule is COc1cc(C2(N)CCCC2)cc(C(C)(C)F)c1OC. The van der Waals surface area contributed by atoms with Gasteiger partial charge >= 0.3 is 0 Å². The molecule has 2 rings (SSSR count). The van der Waals surface area contributed by atoms with Crippen molar-refractivity contribution in [2.75, 3.05) is 14.2 Å². The molecule has 1 saturated carbocycles. The Morgan fingerprint density at radius 1 is 1.15 bits per heavy atom. The lowest BCUT2D eigenvalue weighted by atomic mass is 9.85. The molecule has 0 spiro atoms.